The highest BCUT2D eigenvalue weighted by Crippen LogP contribution is 2.28. The van der Waals surface area contributed by atoms with E-state index >= 15 is 0 Å². The lowest BCUT2D eigenvalue weighted by Crippen LogP contribution is -2.37. The van der Waals surface area contributed by atoms with Gasteiger partial charge in [0.15, 0.2) is 0 Å². The molecule has 0 aromatic rings. The van der Waals surface area contributed by atoms with Gasteiger partial charge in [0.1, 0.15) is 12.2 Å². The summed E-state index contributed by atoms with van der Waals surface area (Å²) in [7, 11) is 0. The van der Waals surface area contributed by atoms with Gasteiger partial charge in [-0.2, -0.15) is 4.42 Å². The first-order chi connectivity index (χ1) is 4.46. The summed E-state index contributed by atoms with van der Waals surface area (Å²) in [6, 6.07) is 0. The fraction of sp³-hybridized carbons (Fsp3) is 0.800. The maximum absolute atomic E-state index is 11.1. The second-order valence-electron chi connectivity index (χ2n) is 2.73. The van der Waals surface area contributed by atoms with Crippen LogP contribution in [-0.2, 0) is 4.79 Å². The van der Waals surface area contributed by atoms with E-state index in [2.05, 4.69) is 0 Å². The van der Waals surface area contributed by atoms with Gasteiger partial charge in [-0.25, -0.2) is 4.42 Å². The Balaban J connectivity index is 2.85. The number of carbonyl (C=O) groups is 1. The molecule has 0 atom stereocenters. The Kier molecular flexibility index (Phi) is 1.83. The highest BCUT2D eigenvalue weighted by atomic mass is 35.5. The van der Waals surface area contributed by atoms with E-state index in [-0.39, 0.29) is 12.6 Å². The van der Waals surface area contributed by atoms with Crippen molar-refractivity contribution in [3.8, 4) is 0 Å². The smallest absolute Gasteiger partial charge is 0.259 e. The minimum Gasteiger partial charge on any atom is -0.271 e. The van der Waals surface area contributed by atoms with Gasteiger partial charge >= 0.3 is 0 Å². The highest BCUT2D eigenvalue weighted by molar-refractivity contribution is 6.26. The molecule has 0 unspecified atom stereocenters. The van der Waals surface area contributed by atoms with Crippen LogP contribution in [0.1, 0.15) is 13.8 Å². The largest absolute Gasteiger partial charge is 0.271 e. The molecule has 5 heteroatoms. The van der Waals surface area contributed by atoms with Crippen LogP contribution in [0.2, 0.25) is 0 Å². The molecule has 0 bridgehead atoms. The summed E-state index contributed by atoms with van der Waals surface area (Å²) in [4.78, 5) is 11.1. The third-order valence-corrected chi connectivity index (χ3v) is 2.39. The zero-order valence-electron chi connectivity index (χ0n) is 5.77. The van der Waals surface area contributed by atoms with Gasteiger partial charge in [0, 0.05) is 11.8 Å². The van der Waals surface area contributed by atoms with E-state index in [9.17, 15) is 4.79 Å². The molecular weight excluding hydrogens is 175 g/mol. The second-order valence-corrected chi connectivity index (χ2v) is 3.55. The van der Waals surface area contributed by atoms with Gasteiger partial charge in [-0.1, -0.05) is 0 Å². The van der Waals surface area contributed by atoms with Crippen LogP contribution in [0.5, 0.6) is 0 Å². The molecule has 0 saturated carbocycles. The van der Waals surface area contributed by atoms with Gasteiger partial charge < -0.3 is 0 Å². The first-order valence-corrected chi connectivity index (χ1v) is 3.55. The lowest BCUT2D eigenvalue weighted by atomic mass is 10.1. The minimum atomic E-state index is -0.663. The van der Waals surface area contributed by atoms with Gasteiger partial charge in [0.2, 0.25) is 0 Å². The number of hydrogen-bond acceptors (Lipinski definition) is 2. The Labute approximate surface area is 69.7 Å². The van der Waals surface area contributed by atoms with Crippen molar-refractivity contribution in [1.82, 2.24) is 8.84 Å². The van der Waals surface area contributed by atoms with E-state index in [1.165, 1.54) is 4.42 Å². The average Bonchev–Trinajstić information content (AvgIpc) is 1.97. The van der Waals surface area contributed by atoms with Crippen LogP contribution in [0.25, 0.3) is 0 Å². The Morgan fingerprint density at radius 2 is 2.00 bits per heavy atom. The monoisotopic (exact) mass is 182 g/mol. The SMILES string of the molecule is CC1(C)C(=O)N(Cl)CN1Cl. The van der Waals surface area contributed by atoms with Crippen molar-refractivity contribution in [3.05, 3.63) is 0 Å². The number of halogens is 2. The number of carbonyl (C=O) groups excluding carboxylic acids is 1. The van der Waals surface area contributed by atoms with Gasteiger partial charge in [-0.3, -0.25) is 4.79 Å². The van der Waals surface area contributed by atoms with Crippen molar-refractivity contribution in [2.45, 2.75) is 19.4 Å². The topological polar surface area (TPSA) is 23.6 Å². The van der Waals surface area contributed by atoms with E-state index in [0.717, 1.165) is 4.42 Å². The Morgan fingerprint density at radius 1 is 1.50 bits per heavy atom. The van der Waals surface area contributed by atoms with E-state index in [4.69, 9.17) is 23.6 Å². The fourth-order valence-corrected chi connectivity index (χ4v) is 1.30. The van der Waals surface area contributed by atoms with Gasteiger partial charge in [-0.15, -0.1) is 0 Å². The lowest BCUT2D eigenvalue weighted by molar-refractivity contribution is -0.128. The Morgan fingerprint density at radius 3 is 2.10 bits per heavy atom. The number of hydrogen-bond donors (Lipinski definition) is 0. The molecular formula is C5H8Cl2N2O. The molecule has 1 rings (SSSR count). The third-order valence-electron chi connectivity index (χ3n) is 1.60. The minimum absolute atomic E-state index is 0.163. The van der Waals surface area contributed by atoms with Crippen molar-refractivity contribution in [2.75, 3.05) is 6.67 Å². The molecule has 0 radical (unpaired) electrons. The molecule has 0 aromatic heterocycles. The van der Waals surface area contributed by atoms with Crippen LogP contribution >= 0.6 is 23.6 Å². The second kappa shape index (κ2) is 2.26. The van der Waals surface area contributed by atoms with E-state index in [1.54, 1.807) is 13.8 Å². The maximum atomic E-state index is 11.1. The van der Waals surface area contributed by atoms with Crippen LogP contribution in [0.3, 0.4) is 0 Å². The molecule has 0 spiro atoms. The predicted molar refractivity (Wildman–Crippen MR) is 39.3 cm³/mol. The Bertz CT molecular complexity index is 171. The van der Waals surface area contributed by atoms with E-state index < -0.39 is 5.54 Å². The molecule has 1 saturated heterocycles. The Hall–Kier alpha value is 0.01000. The first-order valence-electron chi connectivity index (χ1n) is 2.87. The van der Waals surface area contributed by atoms with Gasteiger partial charge in [0.25, 0.3) is 5.91 Å². The molecule has 0 N–H and O–H groups in total. The van der Waals surface area contributed by atoms with Crippen molar-refractivity contribution in [3.63, 3.8) is 0 Å². The molecule has 0 aromatic carbocycles. The molecule has 0 aliphatic carbocycles. The van der Waals surface area contributed by atoms with Crippen LogP contribution < -0.4 is 0 Å². The van der Waals surface area contributed by atoms with Crippen LogP contribution in [0.4, 0.5) is 0 Å². The van der Waals surface area contributed by atoms with E-state index in [1.807, 2.05) is 0 Å². The quantitative estimate of drug-likeness (QED) is 0.526. The van der Waals surface area contributed by atoms with Gasteiger partial charge in [-0.05, 0) is 25.6 Å². The number of amides is 1. The molecule has 58 valence electrons. The van der Waals surface area contributed by atoms with Crippen molar-refractivity contribution >= 4 is 29.5 Å². The summed E-state index contributed by atoms with van der Waals surface area (Å²) in [5, 5.41) is 0. The van der Waals surface area contributed by atoms with Crippen molar-refractivity contribution in [2.24, 2.45) is 0 Å². The average molecular weight is 183 g/mol. The summed E-state index contributed by atoms with van der Waals surface area (Å²) in [6.45, 7) is 3.73. The highest BCUT2D eigenvalue weighted by Gasteiger charge is 2.44. The zero-order valence-corrected chi connectivity index (χ0v) is 7.28. The molecule has 1 fully saturated rings. The number of rotatable bonds is 0. The maximum Gasteiger partial charge on any atom is 0.259 e. The third kappa shape index (κ3) is 0.983. The van der Waals surface area contributed by atoms with Crippen molar-refractivity contribution in [1.29, 1.82) is 0 Å². The van der Waals surface area contributed by atoms with E-state index in [0.29, 0.717) is 0 Å². The molecule has 10 heavy (non-hydrogen) atoms. The summed E-state index contributed by atoms with van der Waals surface area (Å²) in [6.07, 6.45) is 0. The number of nitrogens with zero attached hydrogens (tertiary/aromatic N) is 2. The first kappa shape index (κ1) is 8.11. The lowest BCUT2D eigenvalue weighted by Gasteiger charge is -2.19. The molecule has 3 nitrogen and oxygen atoms in total. The van der Waals surface area contributed by atoms with Crippen LogP contribution in [0.15, 0.2) is 0 Å². The summed E-state index contributed by atoms with van der Waals surface area (Å²) >= 11 is 11.2. The molecule has 1 heterocycles. The van der Waals surface area contributed by atoms with Crippen molar-refractivity contribution < 1.29 is 4.79 Å². The normalized spacial score (nSPS) is 26.0. The molecule has 1 aliphatic heterocycles. The fourth-order valence-electron chi connectivity index (χ4n) is 0.751. The standard InChI is InChI=1S/C5H8Cl2N2O/c1-5(2)4(10)8(6)3-9(5)7/h3H2,1-2H3. The summed E-state index contributed by atoms with van der Waals surface area (Å²) in [5.41, 5.74) is -0.663. The zero-order chi connectivity index (χ0) is 7.94. The molecule has 1 amide bonds. The summed E-state index contributed by atoms with van der Waals surface area (Å²) in [5.74, 6) is -0.163. The van der Waals surface area contributed by atoms with Crippen LogP contribution in [0, 0.1) is 0 Å². The summed E-state index contributed by atoms with van der Waals surface area (Å²) < 4.78 is 2.45. The van der Waals surface area contributed by atoms with Gasteiger partial charge in [0.05, 0.1) is 0 Å². The molecule has 1 aliphatic rings. The predicted octanol–water partition coefficient (Wildman–Crippen LogP) is 1.17. The van der Waals surface area contributed by atoms with Crippen LogP contribution in [-0.4, -0.2) is 27.0 Å².